The van der Waals surface area contributed by atoms with Gasteiger partial charge in [-0.1, -0.05) is 0 Å². The van der Waals surface area contributed by atoms with E-state index < -0.39 is 125 Å². The van der Waals surface area contributed by atoms with Gasteiger partial charge in [0.25, 0.3) is 0 Å². The predicted octanol–water partition coefficient (Wildman–Crippen LogP) is 2.47. The van der Waals surface area contributed by atoms with Crippen LogP contribution in [0, 0.1) is 0 Å². The Morgan fingerprint density at radius 2 is 1.45 bits per heavy atom. The summed E-state index contributed by atoms with van der Waals surface area (Å²) in [5.41, 5.74) is -3.67. The highest BCUT2D eigenvalue weighted by molar-refractivity contribution is 6.31. The van der Waals surface area contributed by atoms with Gasteiger partial charge in [0.2, 0.25) is 5.78 Å². The quantitative estimate of drug-likeness (QED) is 0.162. The molecule has 7 rings (SSSR count). The van der Waals surface area contributed by atoms with Crippen molar-refractivity contribution in [1.82, 2.24) is 4.90 Å². The molecule has 13 atom stereocenters. The number of phenolic OH excluding ortho intramolecular Hbond substituents is 3. The van der Waals surface area contributed by atoms with Crippen LogP contribution in [0.15, 0.2) is 18.2 Å². The molecule has 3 heterocycles. The van der Waals surface area contributed by atoms with Crippen LogP contribution in [0.1, 0.15) is 115 Å². The number of phenols is 3. The lowest BCUT2D eigenvalue weighted by Gasteiger charge is -2.48. The maximum absolute atomic E-state index is 13.9. The number of rotatable bonds is 8. The van der Waals surface area contributed by atoms with Crippen molar-refractivity contribution in [1.29, 1.82) is 0 Å². The first-order chi connectivity index (χ1) is 27.3. The number of benzene rings is 2. The van der Waals surface area contributed by atoms with Gasteiger partial charge in [0.05, 0.1) is 53.8 Å². The maximum Gasteiger partial charge on any atom is 0.316 e. The van der Waals surface area contributed by atoms with Crippen LogP contribution in [0.5, 0.6) is 17.2 Å². The van der Waals surface area contributed by atoms with Gasteiger partial charge in [0.15, 0.2) is 30.4 Å². The number of hydrogen-bond donors (Lipinski definition) is 5. The Bertz CT molecular complexity index is 1970. The van der Waals surface area contributed by atoms with Crippen molar-refractivity contribution in [2.24, 2.45) is 0 Å². The summed E-state index contributed by atoms with van der Waals surface area (Å²) in [7, 11) is 4.83. The van der Waals surface area contributed by atoms with Crippen molar-refractivity contribution in [2.45, 2.75) is 139 Å². The lowest BCUT2D eigenvalue weighted by Crippen LogP contribution is -2.58. The summed E-state index contributed by atoms with van der Waals surface area (Å²) in [6, 6.07) is 2.98. The van der Waals surface area contributed by atoms with Crippen LogP contribution in [0.4, 0.5) is 0 Å². The molecule has 2 aliphatic carbocycles. The largest absolute Gasteiger partial charge is 0.507 e. The second-order valence-electron chi connectivity index (χ2n) is 16.3. The molecule has 0 amide bonds. The fourth-order valence-electron chi connectivity index (χ4n) is 9.12. The van der Waals surface area contributed by atoms with E-state index in [0.717, 1.165) is 19.2 Å². The molecule has 0 spiro atoms. The van der Waals surface area contributed by atoms with E-state index in [1.165, 1.54) is 13.0 Å². The van der Waals surface area contributed by atoms with E-state index in [1.54, 1.807) is 20.8 Å². The second-order valence-corrected chi connectivity index (χ2v) is 16.3. The number of likely N-dealkylation sites (N-methyl/N-ethyl adjacent to an activating group) is 1. The zero-order valence-corrected chi connectivity index (χ0v) is 33.4. The lowest BCUT2D eigenvalue weighted by molar-refractivity contribution is -0.324. The first-order valence-corrected chi connectivity index (χ1v) is 19.5. The van der Waals surface area contributed by atoms with Crippen LogP contribution >= 0.6 is 0 Å². The van der Waals surface area contributed by atoms with Crippen molar-refractivity contribution < 1.29 is 77.9 Å². The topological polar surface area (TPSA) is 237 Å². The number of Topliss-reactive ketones (excluding diaryl/α,β-unsaturated/α-hetero) is 1. The fraction of sp³-hybridized carbons (Fsp3) is 0.610. The molecule has 17 nitrogen and oxygen atoms in total. The monoisotopic (exact) mass is 813 g/mol. The number of aliphatic hydroxyl groups is 2. The van der Waals surface area contributed by atoms with Crippen molar-refractivity contribution >= 4 is 23.3 Å². The lowest BCUT2D eigenvalue weighted by atomic mass is 9.68. The number of carbonyl (C=O) groups excluding carboxylic acids is 4. The summed E-state index contributed by atoms with van der Waals surface area (Å²) in [5.74, 6) is -5.95. The molecular formula is C41H51NO16. The van der Waals surface area contributed by atoms with Crippen LogP contribution < -0.4 is 0 Å². The highest BCUT2D eigenvalue weighted by Gasteiger charge is 2.52. The fourth-order valence-corrected chi connectivity index (χ4v) is 9.12. The number of carbonyl (C=O) groups is 4. The molecule has 58 heavy (non-hydrogen) atoms. The Balaban J connectivity index is 1.13. The molecule has 0 aromatic heterocycles. The van der Waals surface area contributed by atoms with Crippen LogP contribution in [-0.2, 0) is 42.7 Å². The van der Waals surface area contributed by atoms with Gasteiger partial charge in [-0.25, -0.2) is 0 Å². The van der Waals surface area contributed by atoms with Crippen molar-refractivity contribution in [3.05, 3.63) is 51.6 Å². The molecule has 0 bridgehead atoms. The van der Waals surface area contributed by atoms with Gasteiger partial charge in [-0.3, -0.25) is 19.2 Å². The smallest absolute Gasteiger partial charge is 0.316 e. The molecule has 17 heteroatoms. The third-order valence-electron chi connectivity index (χ3n) is 12.1. The molecule has 3 fully saturated rings. The van der Waals surface area contributed by atoms with Gasteiger partial charge in [-0.15, -0.1) is 0 Å². The number of aromatic hydroxyl groups is 3. The summed E-state index contributed by atoms with van der Waals surface area (Å²) in [6.45, 7) is 6.61. The van der Waals surface area contributed by atoms with Gasteiger partial charge in [0, 0.05) is 49.3 Å². The number of ether oxygens (including phenoxy) is 7. The number of esters is 1. The molecule has 0 radical (unpaired) electrons. The molecule has 3 saturated heterocycles. The van der Waals surface area contributed by atoms with E-state index in [0.29, 0.717) is 12.8 Å². The number of methoxy groups -OCH3 is 1. The third-order valence-corrected chi connectivity index (χ3v) is 12.1. The summed E-state index contributed by atoms with van der Waals surface area (Å²) >= 11 is 0. The summed E-state index contributed by atoms with van der Waals surface area (Å²) in [4.78, 5) is 54.8. The highest BCUT2D eigenvalue weighted by Crippen LogP contribution is 2.53. The second kappa shape index (κ2) is 15.9. The standard InChI is InChI=1S/C41H51NO16/c1-16-22(43)10-11-27(53-16)57-39-18(3)55-29(14-25(39)46)58-38-17(2)54-28(13-21(38)42(5)6)56-26-15-41(4,51)34(40(50)52-7)19-12-20-31(36(48)30(19)26)37(49)33-24(45)9-8-23(44)32(33)35(20)47/h8-9,12,16-18,21,25-29,34,38-39,44-46,48,51H,10-11,13-15H2,1-7H3. The molecule has 5 aliphatic rings. The number of hydrogen-bond acceptors (Lipinski definition) is 17. The zero-order chi connectivity index (χ0) is 42.1. The maximum atomic E-state index is 13.9. The van der Waals surface area contributed by atoms with E-state index in [9.17, 15) is 44.7 Å². The Hall–Kier alpha value is -4.04. The Morgan fingerprint density at radius 3 is 2.05 bits per heavy atom. The minimum Gasteiger partial charge on any atom is -0.507 e. The van der Waals surface area contributed by atoms with Gasteiger partial charge < -0.3 is 63.6 Å². The van der Waals surface area contributed by atoms with Gasteiger partial charge in [-0.2, -0.15) is 0 Å². The highest BCUT2D eigenvalue weighted by atomic mass is 16.7. The summed E-state index contributed by atoms with van der Waals surface area (Å²) < 4.78 is 42.3. The van der Waals surface area contributed by atoms with Crippen molar-refractivity contribution in [2.75, 3.05) is 21.2 Å². The Kier molecular flexibility index (Phi) is 11.5. The Labute approximate surface area is 334 Å². The van der Waals surface area contributed by atoms with Crippen LogP contribution in [0.25, 0.3) is 0 Å². The number of nitrogens with zero attached hydrogens (tertiary/aromatic N) is 1. The number of fused-ring (bicyclic) bond motifs is 3. The normalized spacial score (nSPS) is 36.3. The first-order valence-electron chi connectivity index (χ1n) is 19.5. The molecule has 2 aromatic rings. The van der Waals surface area contributed by atoms with E-state index in [-0.39, 0.29) is 47.8 Å². The molecule has 0 saturated carbocycles. The molecule has 3 aliphatic heterocycles. The number of aliphatic hydroxyl groups excluding tert-OH is 1. The summed E-state index contributed by atoms with van der Waals surface area (Å²) in [6.07, 6.45) is -7.05. The van der Waals surface area contributed by atoms with Crippen molar-refractivity contribution in [3.63, 3.8) is 0 Å². The van der Waals surface area contributed by atoms with E-state index in [1.807, 2.05) is 19.0 Å². The third kappa shape index (κ3) is 7.41. The minimum atomic E-state index is -1.85. The van der Waals surface area contributed by atoms with E-state index >= 15 is 0 Å². The van der Waals surface area contributed by atoms with Crippen molar-refractivity contribution in [3.8, 4) is 17.2 Å². The van der Waals surface area contributed by atoms with Gasteiger partial charge in [0.1, 0.15) is 41.5 Å². The van der Waals surface area contributed by atoms with Crippen LogP contribution in [0.2, 0.25) is 0 Å². The molecule has 13 unspecified atom stereocenters. The van der Waals surface area contributed by atoms with Crippen LogP contribution in [-0.4, -0.2) is 142 Å². The number of ketones is 3. The minimum absolute atomic E-state index is 0.00171. The Morgan fingerprint density at radius 1 is 0.845 bits per heavy atom. The summed E-state index contributed by atoms with van der Waals surface area (Å²) in [5, 5.41) is 56.0. The molecular weight excluding hydrogens is 762 g/mol. The molecule has 5 N–H and O–H groups in total. The van der Waals surface area contributed by atoms with Crippen LogP contribution in [0.3, 0.4) is 0 Å². The average Bonchev–Trinajstić information content (AvgIpc) is 3.14. The molecule has 2 aromatic carbocycles. The predicted molar refractivity (Wildman–Crippen MR) is 198 cm³/mol. The van der Waals surface area contributed by atoms with Gasteiger partial charge in [-0.05, 0) is 65.6 Å². The molecule has 316 valence electrons. The van der Waals surface area contributed by atoms with Gasteiger partial charge >= 0.3 is 5.97 Å². The zero-order valence-electron chi connectivity index (χ0n) is 33.4. The average molecular weight is 814 g/mol. The first kappa shape index (κ1) is 42.1. The van der Waals surface area contributed by atoms with E-state index in [2.05, 4.69) is 0 Å². The SMILES string of the molecule is COC(=O)C1c2cc3c(c(O)c2C(OC2CC(N(C)C)C(OC4CC(O)C(OC5CCC(=O)C(C)O5)C(C)O4)C(C)O2)CC1(C)O)C(=O)c1c(O)ccc(O)c1C3=O. The van der Waals surface area contributed by atoms with E-state index in [4.69, 9.17) is 33.2 Å².